The quantitative estimate of drug-likeness (QED) is 0.604. The molecule has 0 saturated carbocycles. The summed E-state index contributed by atoms with van der Waals surface area (Å²) in [4.78, 5) is 12.4. The van der Waals surface area contributed by atoms with Crippen molar-refractivity contribution in [3.05, 3.63) is 77.5 Å². The van der Waals surface area contributed by atoms with Gasteiger partial charge in [-0.25, -0.2) is 4.39 Å². The fraction of sp³-hybridized carbons (Fsp3) is 0.150. The smallest absolute Gasteiger partial charge is 0.387 e. The minimum atomic E-state index is -3.02. The number of alkyl halides is 2. The molecular weight excluding hydrogens is 375 g/mol. The molecule has 8 heteroatoms. The van der Waals surface area contributed by atoms with Crippen LogP contribution in [-0.2, 0) is 6.61 Å². The van der Waals surface area contributed by atoms with E-state index < -0.39 is 12.5 Å². The molecule has 0 aliphatic carbocycles. The van der Waals surface area contributed by atoms with Gasteiger partial charge in [-0.2, -0.15) is 8.78 Å². The van der Waals surface area contributed by atoms with Crippen LogP contribution in [0.25, 0.3) is 0 Å². The number of nitrogens with one attached hydrogen (secondary N) is 1. The van der Waals surface area contributed by atoms with E-state index in [0.29, 0.717) is 11.5 Å². The number of hydrogen-bond acceptors (Lipinski definition) is 4. The van der Waals surface area contributed by atoms with Gasteiger partial charge in [0.2, 0.25) is 0 Å². The molecule has 0 atom stereocenters. The van der Waals surface area contributed by atoms with Crippen LogP contribution in [0.4, 0.5) is 18.9 Å². The number of anilines is 1. The highest BCUT2D eigenvalue weighted by molar-refractivity contribution is 6.03. The summed E-state index contributed by atoms with van der Waals surface area (Å²) in [6.07, 6.45) is 0. The number of rotatable bonds is 7. The molecule has 0 aliphatic rings. The van der Waals surface area contributed by atoms with Crippen molar-refractivity contribution in [2.75, 3.05) is 5.32 Å². The van der Waals surface area contributed by atoms with Crippen LogP contribution < -0.4 is 14.8 Å². The third-order valence-corrected chi connectivity index (χ3v) is 3.68. The summed E-state index contributed by atoms with van der Waals surface area (Å²) in [5.74, 6) is -0.379. The van der Waals surface area contributed by atoms with Gasteiger partial charge in [-0.1, -0.05) is 6.07 Å². The van der Waals surface area contributed by atoms with E-state index in [1.807, 2.05) is 0 Å². The van der Waals surface area contributed by atoms with E-state index in [2.05, 4.69) is 10.1 Å². The van der Waals surface area contributed by atoms with Crippen molar-refractivity contribution >= 4 is 11.6 Å². The fourth-order valence-corrected chi connectivity index (χ4v) is 2.39. The Bertz CT molecular complexity index is 954. The van der Waals surface area contributed by atoms with Crippen LogP contribution in [-0.4, -0.2) is 12.5 Å². The molecule has 3 rings (SSSR count). The summed E-state index contributed by atoms with van der Waals surface area (Å²) in [5, 5.41) is 2.49. The van der Waals surface area contributed by atoms with Gasteiger partial charge in [0.25, 0.3) is 5.91 Å². The van der Waals surface area contributed by atoms with Crippen molar-refractivity contribution in [3.8, 4) is 11.5 Å². The van der Waals surface area contributed by atoms with E-state index in [0.717, 1.165) is 5.56 Å². The minimum Gasteiger partial charge on any atom is -0.486 e. The first-order valence-electron chi connectivity index (χ1n) is 8.24. The predicted octanol–water partition coefficient (Wildman–Crippen LogP) is 5.16. The van der Waals surface area contributed by atoms with E-state index in [1.165, 1.54) is 42.5 Å². The molecule has 1 N–H and O–H groups in total. The number of benzene rings is 2. The lowest BCUT2D eigenvalue weighted by atomic mass is 10.2. The summed E-state index contributed by atoms with van der Waals surface area (Å²) in [6, 6.07) is 12.9. The number of amides is 1. The highest BCUT2D eigenvalue weighted by Gasteiger charge is 2.16. The Balaban J connectivity index is 1.66. The number of hydrogen-bond donors (Lipinski definition) is 1. The van der Waals surface area contributed by atoms with E-state index in [1.54, 1.807) is 19.1 Å². The van der Waals surface area contributed by atoms with Gasteiger partial charge < -0.3 is 19.2 Å². The Morgan fingerprint density at radius 2 is 1.86 bits per heavy atom. The van der Waals surface area contributed by atoms with Crippen LogP contribution in [0.3, 0.4) is 0 Å². The summed E-state index contributed by atoms with van der Waals surface area (Å²) in [7, 11) is 0. The number of carbonyl (C=O) groups is 1. The molecule has 2 aromatic carbocycles. The Morgan fingerprint density at radius 3 is 2.57 bits per heavy atom. The average Bonchev–Trinajstić information content (AvgIpc) is 3.12. The maximum Gasteiger partial charge on any atom is 0.387 e. The molecule has 28 heavy (non-hydrogen) atoms. The Labute approximate surface area is 158 Å². The number of furan rings is 1. The SMILES string of the molecule is Cc1ccc(OC(F)F)c(NC(=O)c2ccc(COc3ccc(F)cc3)o2)c1. The van der Waals surface area contributed by atoms with Crippen LogP contribution in [0.2, 0.25) is 0 Å². The van der Waals surface area contributed by atoms with Gasteiger partial charge in [0.05, 0.1) is 5.69 Å². The number of ether oxygens (including phenoxy) is 2. The standard InChI is InChI=1S/C20H16F3NO4/c1-12-2-8-17(28-20(22)23)16(10-12)24-19(25)18-9-7-15(27-18)11-26-14-5-3-13(21)4-6-14/h2-10,20H,11H2,1H3,(H,24,25). The maximum absolute atomic E-state index is 12.9. The third-order valence-electron chi connectivity index (χ3n) is 3.68. The topological polar surface area (TPSA) is 60.7 Å². The lowest BCUT2D eigenvalue weighted by molar-refractivity contribution is -0.0493. The molecule has 1 aromatic heterocycles. The molecule has 5 nitrogen and oxygen atoms in total. The van der Waals surface area contributed by atoms with Crippen LogP contribution in [0.1, 0.15) is 21.9 Å². The molecular formula is C20H16F3NO4. The van der Waals surface area contributed by atoms with Crippen LogP contribution in [0, 0.1) is 12.7 Å². The summed E-state index contributed by atoms with van der Waals surface area (Å²) < 4.78 is 53.2. The second-order valence-corrected chi connectivity index (χ2v) is 5.84. The molecule has 0 saturated heterocycles. The van der Waals surface area contributed by atoms with Gasteiger partial charge in [0.1, 0.15) is 29.7 Å². The summed E-state index contributed by atoms with van der Waals surface area (Å²) >= 11 is 0. The van der Waals surface area contributed by atoms with Gasteiger partial charge in [-0.15, -0.1) is 0 Å². The van der Waals surface area contributed by atoms with Crippen molar-refractivity contribution < 1.29 is 31.9 Å². The number of aryl methyl sites for hydroxylation is 1. The Hall–Kier alpha value is -3.42. The molecule has 0 unspecified atom stereocenters. The number of carbonyl (C=O) groups excluding carboxylic acids is 1. The minimum absolute atomic E-state index is 0.0257. The van der Waals surface area contributed by atoms with E-state index in [-0.39, 0.29) is 29.6 Å². The molecule has 3 aromatic rings. The molecule has 1 amide bonds. The summed E-state index contributed by atoms with van der Waals surface area (Å²) in [6.45, 7) is -1.24. The Kier molecular flexibility index (Phi) is 5.88. The van der Waals surface area contributed by atoms with Gasteiger partial charge in [-0.05, 0) is 61.0 Å². The monoisotopic (exact) mass is 391 g/mol. The van der Waals surface area contributed by atoms with Crippen molar-refractivity contribution in [1.29, 1.82) is 0 Å². The van der Waals surface area contributed by atoms with E-state index >= 15 is 0 Å². The van der Waals surface area contributed by atoms with Crippen molar-refractivity contribution in [2.24, 2.45) is 0 Å². The van der Waals surface area contributed by atoms with Crippen LogP contribution >= 0.6 is 0 Å². The zero-order chi connectivity index (χ0) is 20.1. The normalized spacial score (nSPS) is 10.8. The molecule has 0 bridgehead atoms. The van der Waals surface area contributed by atoms with Gasteiger partial charge >= 0.3 is 6.61 Å². The van der Waals surface area contributed by atoms with Crippen molar-refractivity contribution in [1.82, 2.24) is 0 Å². The van der Waals surface area contributed by atoms with Gasteiger partial charge in [0, 0.05) is 0 Å². The highest BCUT2D eigenvalue weighted by Crippen LogP contribution is 2.28. The third kappa shape index (κ3) is 5.06. The van der Waals surface area contributed by atoms with E-state index in [9.17, 15) is 18.0 Å². The largest absolute Gasteiger partial charge is 0.486 e. The fourth-order valence-electron chi connectivity index (χ4n) is 2.39. The molecule has 146 valence electrons. The van der Waals surface area contributed by atoms with E-state index in [4.69, 9.17) is 9.15 Å². The molecule has 0 radical (unpaired) electrons. The van der Waals surface area contributed by atoms with Gasteiger partial charge in [-0.3, -0.25) is 4.79 Å². The van der Waals surface area contributed by atoms with Gasteiger partial charge in [0.15, 0.2) is 5.76 Å². The molecule has 0 spiro atoms. The Morgan fingerprint density at radius 1 is 1.11 bits per heavy atom. The molecule has 0 aliphatic heterocycles. The lowest BCUT2D eigenvalue weighted by Crippen LogP contribution is -2.13. The lowest BCUT2D eigenvalue weighted by Gasteiger charge is -2.12. The van der Waals surface area contributed by atoms with Crippen LogP contribution in [0.15, 0.2) is 59.0 Å². The second kappa shape index (κ2) is 8.51. The first-order chi connectivity index (χ1) is 13.4. The highest BCUT2D eigenvalue weighted by atomic mass is 19.3. The number of halogens is 3. The van der Waals surface area contributed by atoms with Crippen LogP contribution in [0.5, 0.6) is 11.5 Å². The summed E-state index contributed by atoms with van der Waals surface area (Å²) in [5.41, 5.74) is 0.857. The maximum atomic E-state index is 12.9. The zero-order valence-corrected chi connectivity index (χ0v) is 14.7. The molecule has 0 fully saturated rings. The van der Waals surface area contributed by atoms with Crippen molar-refractivity contribution in [2.45, 2.75) is 20.1 Å². The second-order valence-electron chi connectivity index (χ2n) is 5.84. The zero-order valence-electron chi connectivity index (χ0n) is 14.7. The predicted molar refractivity (Wildman–Crippen MR) is 95.2 cm³/mol. The first kappa shape index (κ1) is 19.3. The van der Waals surface area contributed by atoms with Crippen molar-refractivity contribution in [3.63, 3.8) is 0 Å². The average molecular weight is 391 g/mol. The molecule has 1 heterocycles. The first-order valence-corrected chi connectivity index (χ1v) is 8.24.